The summed E-state index contributed by atoms with van der Waals surface area (Å²) in [4.78, 5) is 11.1. The second-order valence-corrected chi connectivity index (χ2v) is 5.79. The number of carbonyl (C=O) groups excluding carboxylic acids is 1. The highest BCUT2D eigenvalue weighted by molar-refractivity contribution is 5.83. The summed E-state index contributed by atoms with van der Waals surface area (Å²) in [7, 11) is 0. The predicted octanol–water partition coefficient (Wildman–Crippen LogP) is 2.36. The van der Waals surface area contributed by atoms with Gasteiger partial charge in [0.2, 0.25) is 5.91 Å². The second-order valence-electron chi connectivity index (χ2n) is 5.79. The molecular weight excluding hydrogens is 252 g/mol. The number of carbonyl (C=O) groups is 1. The predicted molar refractivity (Wildman–Crippen MR) is 81.8 cm³/mol. The summed E-state index contributed by atoms with van der Waals surface area (Å²) in [5.74, 6) is 0.483. The molecule has 1 atom stereocenters. The monoisotopic (exact) mass is 278 g/mol. The Morgan fingerprint density at radius 2 is 1.90 bits per heavy atom. The quantitative estimate of drug-likeness (QED) is 0.751. The van der Waals surface area contributed by atoms with Gasteiger partial charge >= 0.3 is 0 Å². The van der Waals surface area contributed by atoms with Gasteiger partial charge in [0.15, 0.2) is 0 Å². The van der Waals surface area contributed by atoms with Gasteiger partial charge in [-0.15, -0.1) is 0 Å². The average Bonchev–Trinajstić information content (AvgIpc) is 2.34. The first-order valence-corrected chi connectivity index (χ1v) is 7.03. The van der Waals surface area contributed by atoms with Crippen LogP contribution in [-0.2, 0) is 4.79 Å². The fourth-order valence-corrected chi connectivity index (χ4v) is 2.05. The minimum Gasteiger partial charge on any atom is -0.493 e. The maximum atomic E-state index is 11.1. The van der Waals surface area contributed by atoms with Crippen molar-refractivity contribution in [3.8, 4) is 5.75 Å². The van der Waals surface area contributed by atoms with Crippen molar-refractivity contribution >= 4 is 5.91 Å². The van der Waals surface area contributed by atoms with Crippen molar-refractivity contribution in [1.82, 2.24) is 0 Å². The molecule has 0 aliphatic carbocycles. The number of unbranched alkanes of at least 4 members (excludes halogenated alkanes) is 1. The van der Waals surface area contributed by atoms with Crippen molar-refractivity contribution in [1.29, 1.82) is 0 Å². The highest BCUT2D eigenvalue weighted by Crippen LogP contribution is 2.23. The molecule has 4 nitrogen and oxygen atoms in total. The van der Waals surface area contributed by atoms with Crippen LogP contribution in [0.1, 0.15) is 42.9 Å². The van der Waals surface area contributed by atoms with Crippen molar-refractivity contribution in [2.45, 2.75) is 52.5 Å². The molecule has 4 N–H and O–H groups in total. The van der Waals surface area contributed by atoms with Gasteiger partial charge in [0.05, 0.1) is 12.1 Å². The number of rotatable bonds is 7. The zero-order chi connectivity index (χ0) is 15.3. The molecule has 0 heterocycles. The molecule has 4 heteroatoms. The summed E-state index contributed by atoms with van der Waals surface area (Å²) in [6.07, 6.45) is 2.25. The van der Waals surface area contributed by atoms with Crippen LogP contribution in [0.15, 0.2) is 12.1 Å². The van der Waals surface area contributed by atoms with Crippen LogP contribution >= 0.6 is 0 Å². The van der Waals surface area contributed by atoms with E-state index in [9.17, 15) is 4.79 Å². The summed E-state index contributed by atoms with van der Waals surface area (Å²) >= 11 is 0. The first-order valence-electron chi connectivity index (χ1n) is 7.03. The molecule has 0 spiro atoms. The fourth-order valence-electron chi connectivity index (χ4n) is 2.05. The fraction of sp³-hybridized carbons (Fsp3) is 0.562. The Bertz CT molecular complexity index is 482. The maximum Gasteiger partial charge on any atom is 0.237 e. The summed E-state index contributed by atoms with van der Waals surface area (Å²) in [5, 5.41) is 0. The first-order chi connectivity index (χ1) is 9.24. The number of nitrogens with two attached hydrogens (primary N) is 2. The molecular formula is C16H26N2O2. The van der Waals surface area contributed by atoms with E-state index in [4.69, 9.17) is 16.2 Å². The van der Waals surface area contributed by atoms with E-state index >= 15 is 0 Å². The van der Waals surface area contributed by atoms with Crippen LogP contribution < -0.4 is 16.2 Å². The average molecular weight is 278 g/mol. The number of benzene rings is 1. The van der Waals surface area contributed by atoms with Gasteiger partial charge in [0, 0.05) is 0 Å². The van der Waals surface area contributed by atoms with Crippen molar-refractivity contribution in [2.75, 3.05) is 6.61 Å². The van der Waals surface area contributed by atoms with Crippen LogP contribution in [0.5, 0.6) is 5.75 Å². The Morgan fingerprint density at radius 3 is 2.50 bits per heavy atom. The van der Waals surface area contributed by atoms with Gasteiger partial charge in [0.25, 0.3) is 0 Å². The molecule has 0 aliphatic heterocycles. The van der Waals surface area contributed by atoms with Crippen LogP contribution in [0.3, 0.4) is 0 Å². The molecule has 0 aliphatic rings. The Kier molecular flexibility index (Phi) is 5.57. The number of aryl methyl sites for hydroxylation is 2. The molecule has 1 amide bonds. The lowest BCUT2D eigenvalue weighted by Crippen LogP contribution is -2.49. The van der Waals surface area contributed by atoms with Gasteiger partial charge in [-0.3, -0.25) is 4.79 Å². The number of hydrogen-bond donors (Lipinski definition) is 2. The lowest BCUT2D eigenvalue weighted by atomic mass is 9.96. The maximum absolute atomic E-state index is 11.1. The van der Waals surface area contributed by atoms with E-state index in [2.05, 4.69) is 32.9 Å². The van der Waals surface area contributed by atoms with Crippen LogP contribution in [0, 0.1) is 20.8 Å². The smallest absolute Gasteiger partial charge is 0.237 e. The van der Waals surface area contributed by atoms with Crippen LogP contribution in [0.4, 0.5) is 0 Å². The van der Waals surface area contributed by atoms with Gasteiger partial charge in [-0.25, -0.2) is 0 Å². The number of primary amides is 1. The molecule has 1 unspecified atom stereocenters. The second kappa shape index (κ2) is 6.75. The Hall–Kier alpha value is -1.55. The molecule has 0 fully saturated rings. The highest BCUT2D eigenvalue weighted by atomic mass is 16.5. The van der Waals surface area contributed by atoms with E-state index in [0.717, 1.165) is 18.6 Å². The van der Waals surface area contributed by atoms with E-state index in [1.54, 1.807) is 6.92 Å². The molecule has 0 saturated heterocycles. The zero-order valence-corrected chi connectivity index (χ0v) is 13.0. The molecule has 20 heavy (non-hydrogen) atoms. The van der Waals surface area contributed by atoms with E-state index in [0.29, 0.717) is 13.0 Å². The first kappa shape index (κ1) is 16.5. The van der Waals surface area contributed by atoms with Crippen molar-refractivity contribution in [2.24, 2.45) is 11.5 Å². The van der Waals surface area contributed by atoms with Gasteiger partial charge in [-0.2, -0.15) is 0 Å². The van der Waals surface area contributed by atoms with Gasteiger partial charge in [-0.1, -0.05) is 6.07 Å². The summed E-state index contributed by atoms with van der Waals surface area (Å²) in [6, 6.07) is 4.20. The zero-order valence-electron chi connectivity index (χ0n) is 13.0. The van der Waals surface area contributed by atoms with Crippen LogP contribution in [0.2, 0.25) is 0 Å². The molecule has 1 aromatic rings. The highest BCUT2D eigenvalue weighted by Gasteiger charge is 2.24. The molecule has 1 rings (SSSR count). The number of hydrogen-bond acceptors (Lipinski definition) is 3. The standard InChI is InChI=1S/C16H26N2O2/c1-11-9-12(2)13(3)14(10-11)20-8-6-5-7-16(4,18)15(17)19/h9-10H,5-8,18H2,1-4H3,(H2,17,19). The molecule has 0 radical (unpaired) electrons. The Morgan fingerprint density at radius 1 is 1.25 bits per heavy atom. The van der Waals surface area contributed by atoms with E-state index in [-0.39, 0.29) is 0 Å². The number of amides is 1. The summed E-state index contributed by atoms with van der Waals surface area (Å²) in [5.41, 5.74) is 13.7. The lowest BCUT2D eigenvalue weighted by Gasteiger charge is -2.20. The Labute approximate surface area is 121 Å². The summed E-state index contributed by atoms with van der Waals surface area (Å²) in [6.45, 7) is 8.50. The Balaban J connectivity index is 2.41. The van der Waals surface area contributed by atoms with E-state index < -0.39 is 11.4 Å². The third-order valence-corrected chi connectivity index (χ3v) is 3.67. The third kappa shape index (κ3) is 4.53. The minimum absolute atomic E-state index is 0.455. The normalized spacial score (nSPS) is 13.8. The van der Waals surface area contributed by atoms with Gasteiger partial charge in [-0.05, 0) is 69.7 Å². The van der Waals surface area contributed by atoms with Crippen molar-refractivity contribution in [3.05, 3.63) is 28.8 Å². The van der Waals surface area contributed by atoms with Crippen molar-refractivity contribution < 1.29 is 9.53 Å². The SMILES string of the molecule is Cc1cc(C)c(C)c(OCCCCC(C)(N)C(N)=O)c1. The van der Waals surface area contributed by atoms with Crippen LogP contribution in [0.25, 0.3) is 0 Å². The third-order valence-electron chi connectivity index (χ3n) is 3.67. The van der Waals surface area contributed by atoms with Gasteiger partial charge < -0.3 is 16.2 Å². The molecule has 0 saturated carbocycles. The molecule has 0 aromatic heterocycles. The topological polar surface area (TPSA) is 78.3 Å². The van der Waals surface area contributed by atoms with Crippen LogP contribution in [-0.4, -0.2) is 18.1 Å². The van der Waals surface area contributed by atoms with E-state index in [1.807, 2.05) is 0 Å². The largest absolute Gasteiger partial charge is 0.493 e. The number of ether oxygens (including phenoxy) is 1. The lowest BCUT2D eigenvalue weighted by molar-refractivity contribution is -0.122. The molecule has 112 valence electrons. The van der Waals surface area contributed by atoms with E-state index in [1.165, 1.54) is 16.7 Å². The summed E-state index contributed by atoms with van der Waals surface area (Å²) < 4.78 is 5.82. The minimum atomic E-state index is -0.921. The molecule has 0 bridgehead atoms. The van der Waals surface area contributed by atoms with Crippen molar-refractivity contribution in [3.63, 3.8) is 0 Å². The van der Waals surface area contributed by atoms with Gasteiger partial charge in [0.1, 0.15) is 5.75 Å². The molecule has 1 aromatic carbocycles.